The fourth-order valence-corrected chi connectivity index (χ4v) is 3.63. The topological polar surface area (TPSA) is 47.9 Å². The molecular weight excluding hydrogens is 350 g/mol. The first-order valence-corrected chi connectivity index (χ1v) is 9.09. The summed E-state index contributed by atoms with van der Waals surface area (Å²) < 4.78 is 26.9. The number of benzene rings is 1. The molecule has 1 saturated heterocycles. The van der Waals surface area contributed by atoms with Crippen molar-refractivity contribution < 1.29 is 8.78 Å². The van der Waals surface area contributed by atoms with Gasteiger partial charge in [-0.25, -0.2) is 13.8 Å². The Morgan fingerprint density at radius 3 is 2.52 bits per heavy atom. The van der Waals surface area contributed by atoms with E-state index in [1.807, 2.05) is 18.3 Å². The van der Waals surface area contributed by atoms with E-state index in [0.717, 1.165) is 45.3 Å². The van der Waals surface area contributed by atoms with Crippen molar-refractivity contribution in [3.63, 3.8) is 0 Å². The predicted octanol–water partition coefficient (Wildman–Crippen LogP) is 2.09. The van der Waals surface area contributed by atoms with Gasteiger partial charge in [-0.2, -0.15) is 5.10 Å². The van der Waals surface area contributed by atoms with E-state index in [9.17, 15) is 8.78 Å². The minimum atomic E-state index is -0.878. The molecule has 1 atom stereocenters. The monoisotopic (exact) mass is 372 g/mol. The average Bonchev–Trinajstić information content (AvgIpc) is 3.09. The van der Waals surface area contributed by atoms with E-state index in [-0.39, 0.29) is 0 Å². The first-order valence-electron chi connectivity index (χ1n) is 9.09. The number of aromatic nitrogens is 2. The highest BCUT2D eigenvalue weighted by Gasteiger charge is 2.24. The second-order valence-electron chi connectivity index (χ2n) is 7.01. The van der Waals surface area contributed by atoms with Gasteiger partial charge in [-0.3, -0.25) is 14.9 Å². The van der Waals surface area contributed by atoms with E-state index >= 15 is 0 Å². The Morgan fingerprint density at radius 2 is 1.81 bits per heavy atom. The van der Waals surface area contributed by atoms with Gasteiger partial charge < -0.3 is 4.90 Å². The molecule has 0 saturated carbocycles. The minimum absolute atomic E-state index is 0.468. The number of anilines is 1. The van der Waals surface area contributed by atoms with Crippen molar-refractivity contribution in [3.8, 4) is 11.3 Å². The summed E-state index contributed by atoms with van der Waals surface area (Å²) in [6.45, 7) is 5.43. The minimum Gasteiger partial charge on any atom is -0.352 e. The number of halogens is 2. The lowest BCUT2D eigenvalue weighted by Crippen LogP contribution is -2.48. The molecule has 0 aliphatic carbocycles. The lowest BCUT2D eigenvalue weighted by atomic mass is 10.1. The molecule has 6 nitrogen and oxygen atoms in total. The summed E-state index contributed by atoms with van der Waals surface area (Å²) in [5.74, 6) is -0.558. The van der Waals surface area contributed by atoms with Crippen molar-refractivity contribution in [2.45, 2.75) is 0 Å². The Labute approximate surface area is 157 Å². The molecule has 0 spiro atoms. The maximum Gasteiger partial charge on any atom is 0.159 e. The standard InChI is InChI=1S/C19H22F2N6/c1-25-12-14(11-24-25)13-26-6-8-27(9-7-26)19-18(22-4-5-23-19)15-2-3-16(20)17(21)10-15/h2-5,10-11,14H,6-9,12-13H2,1H3. The molecular formula is C19H22F2N6. The van der Waals surface area contributed by atoms with E-state index < -0.39 is 11.6 Å². The molecule has 2 aliphatic rings. The van der Waals surface area contributed by atoms with E-state index in [0.29, 0.717) is 23.0 Å². The molecule has 142 valence electrons. The molecule has 0 N–H and O–H groups in total. The molecule has 3 heterocycles. The molecule has 1 aromatic carbocycles. The van der Waals surface area contributed by atoms with Gasteiger partial charge in [-0.1, -0.05) is 0 Å². The van der Waals surface area contributed by atoms with Crippen LogP contribution < -0.4 is 4.90 Å². The van der Waals surface area contributed by atoms with E-state index in [1.165, 1.54) is 12.1 Å². The summed E-state index contributed by atoms with van der Waals surface area (Å²) in [6, 6.07) is 3.84. The Kier molecular flexibility index (Phi) is 4.98. The first kappa shape index (κ1) is 17.8. The molecule has 2 aromatic rings. The molecule has 0 amide bonds. The molecule has 1 fully saturated rings. The number of nitrogens with zero attached hydrogens (tertiary/aromatic N) is 6. The van der Waals surface area contributed by atoms with Crippen LogP contribution in [0.25, 0.3) is 11.3 Å². The van der Waals surface area contributed by atoms with Crippen molar-refractivity contribution in [1.82, 2.24) is 19.9 Å². The van der Waals surface area contributed by atoms with Gasteiger partial charge >= 0.3 is 0 Å². The molecule has 27 heavy (non-hydrogen) atoms. The number of hydrogen-bond donors (Lipinski definition) is 0. The van der Waals surface area contributed by atoms with E-state index in [2.05, 4.69) is 24.9 Å². The molecule has 1 unspecified atom stereocenters. The highest BCUT2D eigenvalue weighted by molar-refractivity contribution is 5.72. The lowest BCUT2D eigenvalue weighted by Gasteiger charge is -2.36. The second-order valence-corrected chi connectivity index (χ2v) is 7.01. The van der Waals surface area contributed by atoms with Gasteiger partial charge in [0.2, 0.25) is 0 Å². The van der Waals surface area contributed by atoms with Crippen LogP contribution in [0.5, 0.6) is 0 Å². The van der Waals surface area contributed by atoms with Crippen LogP contribution in [-0.2, 0) is 0 Å². The third-order valence-electron chi connectivity index (χ3n) is 5.01. The van der Waals surface area contributed by atoms with Crippen LogP contribution in [0.3, 0.4) is 0 Å². The Morgan fingerprint density at radius 1 is 1.04 bits per heavy atom. The van der Waals surface area contributed by atoms with Crippen LogP contribution in [0, 0.1) is 17.6 Å². The van der Waals surface area contributed by atoms with Gasteiger partial charge in [0.25, 0.3) is 0 Å². The van der Waals surface area contributed by atoms with Crippen molar-refractivity contribution in [1.29, 1.82) is 0 Å². The maximum atomic E-state index is 13.7. The summed E-state index contributed by atoms with van der Waals surface area (Å²) >= 11 is 0. The van der Waals surface area contributed by atoms with Gasteiger partial charge in [0.15, 0.2) is 17.5 Å². The summed E-state index contributed by atoms with van der Waals surface area (Å²) in [7, 11) is 1.99. The molecule has 2 aliphatic heterocycles. The van der Waals surface area contributed by atoms with E-state index in [4.69, 9.17) is 0 Å². The van der Waals surface area contributed by atoms with Crippen LogP contribution in [-0.4, -0.2) is 72.4 Å². The zero-order chi connectivity index (χ0) is 18.8. The van der Waals surface area contributed by atoms with Crippen LogP contribution in [0.1, 0.15) is 0 Å². The summed E-state index contributed by atoms with van der Waals surface area (Å²) in [4.78, 5) is 13.4. The second kappa shape index (κ2) is 7.56. The molecule has 4 rings (SSSR count). The summed E-state index contributed by atoms with van der Waals surface area (Å²) in [5.41, 5.74) is 1.11. The smallest absolute Gasteiger partial charge is 0.159 e. The van der Waals surface area contributed by atoms with Crippen LogP contribution in [0.4, 0.5) is 14.6 Å². The predicted molar refractivity (Wildman–Crippen MR) is 101 cm³/mol. The normalized spacial score (nSPS) is 20.5. The first-order chi connectivity index (χ1) is 13.1. The largest absolute Gasteiger partial charge is 0.352 e. The quantitative estimate of drug-likeness (QED) is 0.823. The molecule has 1 aromatic heterocycles. The third kappa shape index (κ3) is 3.90. The third-order valence-corrected chi connectivity index (χ3v) is 5.01. The van der Waals surface area contributed by atoms with Crippen molar-refractivity contribution in [2.24, 2.45) is 11.0 Å². The van der Waals surface area contributed by atoms with Gasteiger partial charge in [0.1, 0.15) is 5.69 Å². The summed E-state index contributed by atoms with van der Waals surface area (Å²) in [5, 5.41) is 6.27. The van der Waals surface area contributed by atoms with Gasteiger partial charge in [0, 0.05) is 76.4 Å². The Balaban J connectivity index is 1.45. The number of rotatable bonds is 4. The number of hydrazone groups is 1. The van der Waals surface area contributed by atoms with Gasteiger partial charge in [0.05, 0.1) is 0 Å². The zero-order valence-corrected chi connectivity index (χ0v) is 15.2. The van der Waals surface area contributed by atoms with Crippen molar-refractivity contribution >= 4 is 12.0 Å². The van der Waals surface area contributed by atoms with Crippen molar-refractivity contribution in [3.05, 3.63) is 42.2 Å². The highest BCUT2D eigenvalue weighted by Crippen LogP contribution is 2.28. The number of piperazine rings is 1. The van der Waals surface area contributed by atoms with E-state index in [1.54, 1.807) is 12.4 Å². The van der Waals surface area contributed by atoms with Crippen LogP contribution in [0.15, 0.2) is 35.7 Å². The molecule has 0 bridgehead atoms. The Hall–Kier alpha value is -2.61. The van der Waals surface area contributed by atoms with Gasteiger partial charge in [-0.05, 0) is 18.2 Å². The van der Waals surface area contributed by atoms with Gasteiger partial charge in [-0.15, -0.1) is 0 Å². The number of hydrogen-bond acceptors (Lipinski definition) is 6. The SMILES string of the molecule is CN1CC(CN2CCN(c3nccnc3-c3ccc(F)c(F)c3)CC2)C=N1. The fourth-order valence-electron chi connectivity index (χ4n) is 3.63. The summed E-state index contributed by atoms with van der Waals surface area (Å²) in [6.07, 6.45) is 5.23. The van der Waals surface area contributed by atoms with Crippen molar-refractivity contribution in [2.75, 3.05) is 51.2 Å². The molecule has 8 heteroatoms. The average molecular weight is 372 g/mol. The molecule has 0 radical (unpaired) electrons. The highest BCUT2D eigenvalue weighted by atomic mass is 19.2. The fraction of sp³-hybridized carbons (Fsp3) is 0.421. The zero-order valence-electron chi connectivity index (χ0n) is 15.2. The van der Waals surface area contributed by atoms with Crippen LogP contribution in [0.2, 0.25) is 0 Å². The van der Waals surface area contributed by atoms with Crippen LogP contribution >= 0.6 is 0 Å². The lowest BCUT2D eigenvalue weighted by molar-refractivity contribution is 0.227. The Bertz CT molecular complexity index is 835. The maximum absolute atomic E-state index is 13.7.